The van der Waals surface area contributed by atoms with Crippen molar-refractivity contribution >= 4 is 27.3 Å². The van der Waals surface area contributed by atoms with Gasteiger partial charge >= 0.3 is 0 Å². The van der Waals surface area contributed by atoms with Crippen LogP contribution in [0.5, 0.6) is 5.75 Å². The fourth-order valence-corrected chi connectivity index (χ4v) is 4.63. The average molecular weight is 420 g/mol. The van der Waals surface area contributed by atoms with E-state index in [0.717, 1.165) is 30.0 Å². The molecule has 0 N–H and O–H groups in total. The van der Waals surface area contributed by atoms with Gasteiger partial charge in [-0.1, -0.05) is 24.3 Å². The van der Waals surface area contributed by atoms with Gasteiger partial charge in [0.1, 0.15) is 5.75 Å². The second kappa shape index (κ2) is 8.86. The van der Waals surface area contributed by atoms with E-state index in [1.165, 1.54) is 15.6 Å². The van der Waals surface area contributed by atoms with E-state index in [1.54, 1.807) is 23.3 Å². The first-order valence-electron chi connectivity index (χ1n) is 10.2. The SMILES string of the molecule is CCN(C)C(=O)COc1ccc(-c2csc3ccccc23)cc1CN1CC(C#N)C1. The molecule has 6 heteroatoms. The van der Waals surface area contributed by atoms with Gasteiger partial charge in [-0.25, -0.2) is 0 Å². The number of ether oxygens (including phenoxy) is 1. The van der Waals surface area contributed by atoms with E-state index in [1.807, 2.05) is 13.0 Å². The van der Waals surface area contributed by atoms with Crippen molar-refractivity contribution in [2.75, 3.05) is 33.3 Å². The van der Waals surface area contributed by atoms with E-state index in [9.17, 15) is 4.79 Å². The maximum absolute atomic E-state index is 12.2. The van der Waals surface area contributed by atoms with E-state index in [4.69, 9.17) is 10.00 Å². The Labute approximate surface area is 181 Å². The summed E-state index contributed by atoms with van der Waals surface area (Å²) in [6.07, 6.45) is 0. The molecule has 0 saturated carbocycles. The first-order chi connectivity index (χ1) is 14.6. The maximum atomic E-state index is 12.2. The Morgan fingerprint density at radius 3 is 2.87 bits per heavy atom. The molecule has 2 aromatic carbocycles. The third kappa shape index (κ3) is 4.18. The summed E-state index contributed by atoms with van der Waals surface area (Å²) < 4.78 is 7.19. The van der Waals surface area contributed by atoms with Crippen molar-refractivity contribution in [3.8, 4) is 22.9 Å². The molecule has 0 radical (unpaired) electrons. The van der Waals surface area contributed by atoms with E-state index < -0.39 is 0 Å². The second-order valence-corrected chi connectivity index (χ2v) is 8.60. The van der Waals surface area contributed by atoms with Crippen molar-refractivity contribution in [3.05, 3.63) is 53.4 Å². The molecule has 2 heterocycles. The topological polar surface area (TPSA) is 56.6 Å². The molecule has 1 saturated heterocycles. The number of benzene rings is 2. The summed E-state index contributed by atoms with van der Waals surface area (Å²) >= 11 is 1.74. The Morgan fingerprint density at radius 2 is 2.10 bits per heavy atom. The number of likely N-dealkylation sites (N-methyl/N-ethyl adjacent to an activating group) is 1. The number of hydrogen-bond donors (Lipinski definition) is 0. The molecule has 0 atom stereocenters. The van der Waals surface area contributed by atoms with Crippen molar-refractivity contribution in [2.24, 2.45) is 5.92 Å². The van der Waals surface area contributed by atoms with Crippen LogP contribution in [0.3, 0.4) is 0 Å². The molecule has 5 nitrogen and oxygen atoms in total. The summed E-state index contributed by atoms with van der Waals surface area (Å²) in [6, 6.07) is 16.9. The van der Waals surface area contributed by atoms with Crippen LogP contribution in [0.1, 0.15) is 12.5 Å². The highest BCUT2D eigenvalue weighted by molar-refractivity contribution is 7.17. The van der Waals surface area contributed by atoms with Gasteiger partial charge in [0.2, 0.25) is 0 Å². The Balaban J connectivity index is 1.61. The Bertz CT molecular complexity index is 1100. The number of likely N-dealkylation sites (tertiary alicyclic amines) is 1. The van der Waals surface area contributed by atoms with Crippen molar-refractivity contribution in [1.82, 2.24) is 9.80 Å². The van der Waals surface area contributed by atoms with Crippen molar-refractivity contribution < 1.29 is 9.53 Å². The van der Waals surface area contributed by atoms with Crippen LogP contribution < -0.4 is 4.74 Å². The first kappa shape index (κ1) is 20.4. The lowest BCUT2D eigenvalue weighted by molar-refractivity contribution is -0.131. The Kier molecular flexibility index (Phi) is 6.03. The second-order valence-electron chi connectivity index (χ2n) is 7.68. The summed E-state index contributed by atoms with van der Waals surface area (Å²) in [6.45, 7) is 4.89. The molecule has 154 valence electrons. The number of amides is 1. The van der Waals surface area contributed by atoms with Gasteiger partial charge in [-0.2, -0.15) is 5.26 Å². The van der Waals surface area contributed by atoms with Crippen LogP contribution >= 0.6 is 11.3 Å². The molecule has 0 aliphatic carbocycles. The van der Waals surface area contributed by atoms with Gasteiger partial charge in [0.05, 0.1) is 12.0 Å². The van der Waals surface area contributed by atoms with Gasteiger partial charge in [0.25, 0.3) is 5.91 Å². The number of hydrogen-bond acceptors (Lipinski definition) is 5. The van der Waals surface area contributed by atoms with Gasteiger partial charge in [-0.05, 0) is 36.1 Å². The number of nitrogens with zero attached hydrogens (tertiary/aromatic N) is 3. The van der Waals surface area contributed by atoms with Crippen LogP contribution in [-0.4, -0.2) is 49.0 Å². The molecule has 3 aromatic rings. The van der Waals surface area contributed by atoms with Gasteiger partial charge in [0, 0.05) is 54.4 Å². The summed E-state index contributed by atoms with van der Waals surface area (Å²) in [5, 5.41) is 12.5. The van der Waals surface area contributed by atoms with Crippen LogP contribution in [0.15, 0.2) is 47.8 Å². The average Bonchev–Trinajstić information content (AvgIpc) is 3.18. The lowest BCUT2D eigenvalue weighted by Crippen LogP contribution is -2.45. The molecule has 30 heavy (non-hydrogen) atoms. The Hall–Kier alpha value is -2.88. The summed E-state index contributed by atoms with van der Waals surface area (Å²) in [5.41, 5.74) is 3.40. The number of thiophene rings is 1. The third-order valence-electron chi connectivity index (χ3n) is 5.64. The Morgan fingerprint density at radius 1 is 1.30 bits per heavy atom. The minimum absolute atomic E-state index is 0.0267. The first-order valence-corrected chi connectivity index (χ1v) is 11.0. The predicted octanol–water partition coefficient (Wildman–Crippen LogP) is 4.38. The number of carbonyl (C=O) groups excluding carboxylic acids is 1. The number of carbonyl (C=O) groups is 1. The van der Waals surface area contributed by atoms with Gasteiger partial charge in [-0.15, -0.1) is 11.3 Å². The highest BCUT2D eigenvalue weighted by Gasteiger charge is 2.27. The molecule has 0 spiro atoms. The molecule has 4 rings (SSSR count). The zero-order valence-electron chi connectivity index (χ0n) is 17.3. The lowest BCUT2D eigenvalue weighted by Gasteiger charge is -2.35. The van der Waals surface area contributed by atoms with E-state index in [-0.39, 0.29) is 18.4 Å². The van der Waals surface area contributed by atoms with Crippen molar-refractivity contribution in [1.29, 1.82) is 5.26 Å². The molecule has 0 bridgehead atoms. The standard InChI is InChI=1S/C24H25N3O2S/c1-3-26(2)24(28)15-29-22-9-8-18(10-19(22)14-27-12-17(11-25)13-27)21-16-30-23-7-5-4-6-20(21)23/h4-10,16-17H,3,12-15H2,1-2H3. The molecule has 0 unspecified atom stereocenters. The van der Waals surface area contributed by atoms with Crippen LogP contribution in [0.2, 0.25) is 0 Å². The quantitative estimate of drug-likeness (QED) is 0.570. The molecule has 1 amide bonds. The molecular weight excluding hydrogens is 394 g/mol. The molecular formula is C24H25N3O2S. The van der Waals surface area contributed by atoms with Crippen LogP contribution in [-0.2, 0) is 11.3 Å². The van der Waals surface area contributed by atoms with Crippen molar-refractivity contribution in [3.63, 3.8) is 0 Å². The van der Waals surface area contributed by atoms with Gasteiger partial charge < -0.3 is 9.64 Å². The molecule has 1 fully saturated rings. The predicted molar refractivity (Wildman–Crippen MR) is 120 cm³/mol. The number of nitriles is 1. The summed E-state index contributed by atoms with van der Waals surface area (Å²) in [7, 11) is 1.78. The van der Waals surface area contributed by atoms with Gasteiger partial charge in [-0.3, -0.25) is 9.69 Å². The fourth-order valence-electron chi connectivity index (χ4n) is 3.66. The fraction of sp³-hybridized carbons (Fsp3) is 0.333. The van der Waals surface area contributed by atoms with Crippen molar-refractivity contribution in [2.45, 2.75) is 13.5 Å². The van der Waals surface area contributed by atoms with E-state index in [2.05, 4.69) is 52.7 Å². The maximum Gasteiger partial charge on any atom is 0.260 e. The summed E-state index contributed by atoms with van der Waals surface area (Å²) in [5.74, 6) is 0.805. The lowest BCUT2D eigenvalue weighted by atomic mass is 9.98. The number of rotatable bonds is 7. The number of fused-ring (bicyclic) bond motifs is 1. The van der Waals surface area contributed by atoms with Crippen LogP contribution in [0.4, 0.5) is 0 Å². The highest BCUT2D eigenvalue weighted by Crippen LogP contribution is 2.36. The van der Waals surface area contributed by atoms with Crippen LogP contribution in [0.25, 0.3) is 21.2 Å². The molecule has 1 aliphatic heterocycles. The smallest absolute Gasteiger partial charge is 0.260 e. The minimum Gasteiger partial charge on any atom is -0.483 e. The van der Waals surface area contributed by atoms with E-state index in [0.29, 0.717) is 13.1 Å². The highest BCUT2D eigenvalue weighted by atomic mass is 32.1. The minimum atomic E-state index is -0.0372. The zero-order valence-corrected chi connectivity index (χ0v) is 18.1. The third-order valence-corrected chi connectivity index (χ3v) is 6.60. The molecule has 1 aromatic heterocycles. The van der Waals surface area contributed by atoms with E-state index >= 15 is 0 Å². The molecule has 1 aliphatic rings. The zero-order chi connectivity index (χ0) is 21.1. The largest absolute Gasteiger partial charge is 0.483 e. The monoisotopic (exact) mass is 419 g/mol. The van der Waals surface area contributed by atoms with Crippen LogP contribution in [0, 0.1) is 17.2 Å². The normalized spacial score (nSPS) is 14.3. The van der Waals surface area contributed by atoms with Gasteiger partial charge in [0.15, 0.2) is 6.61 Å². The summed E-state index contributed by atoms with van der Waals surface area (Å²) in [4.78, 5) is 16.1.